The van der Waals surface area contributed by atoms with Gasteiger partial charge in [0.1, 0.15) is 0 Å². The molecule has 0 radical (unpaired) electrons. The Morgan fingerprint density at radius 2 is 1.70 bits per heavy atom. The quantitative estimate of drug-likeness (QED) is 0.866. The van der Waals surface area contributed by atoms with Crippen LogP contribution in [0.2, 0.25) is 0 Å². The van der Waals surface area contributed by atoms with Crippen molar-refractivity contribution in [1.82, 2.24) is 9.62 Å². The Labute approximate surface area is 141 Å². The lowest BCUT2D eigenvalue weighted by atomic mass is 9.93. The summed E-state index contributed by atoms with van der Waals surface area (Å²) in [6.07, 6.45) is 6.33. The van der Waals surface area contributed by atoms with Gasteiger partial charge in [-0.25, -0.2) is 13.1 Å². The van der Waals surface area contributed by atoms with Crippen molar-refractivity contribution in [2.45, 2.75) is 69.4 Å². The van der Waals surface area contributed by atoms with Gasteiger partial charge in [0.05, 0.1) is 4.90 Å². The van der Waals surface area contributed by atoms with Crippen LogP contribution < -0.4 is 4.72 Å². The van der Waals surface area contributed by atoms with E-state index in [1.807, 2.05) is 32.9 Å². The number of likely N-dealkylation sites (N-methyl/N-ethyl adjacent to an activating group) is 1. The minimum absolute atomic E-state index is 0.330. The van der Waals surface area contributed by atoms with Crippen LogP contribution in [0.25, 0.3) is 0 Å². The van der Waals surface area contributed by atoms with Gasteiger partial charge in [-0.2, -0.15) is 0 Å². The zero-order chi connectivity index (χ0) is 17.1. The second-order valence-electron chi connectivity index (χ2n) is 7.51. The lowest BCUT2D eigenvalue weighted by Crippen LogP contribution is -2.52. The molecule has 1 aromatic rings. The second-order valence-corrected chi connectivity index (χ2v) is 9.19. The molecule has 1 fully saturated rings. The van der Waals surface area contributed by atoms with Crippen molar-refractivity contribution in [3.63, 3.8) is 0 Å². The molecule has 1 aliphatic carbocycles. The second kappa shape index (κ2) is 7.32. The Bertz CT molecular complexity index is 602. The Kier molecular flexibility index (Phi) is 5.87. The summed E-state index contributed by atoms with van der Waals surface area (Å²) in [5.41, 5.74) is 0.552. The van der Waals surface area contributed by atoms with Crippen LogP contribution >= 0.6 is 0 Å². The van der Waals surface area contributed by atoms with Crippen LogP contribution in [0.3, 0.4) is 0 Å². The highest BCUT2D eigenvalue weighted by molar-refractivity contribution is 7.89. The van der Waals surface area contributed by atoms with E-state index >= 15 is 0 Å². The number of nitrogens with one attached hydrogen (secondary N) is 1. The van der Waals surface area contributed by atoms with Crippen molar-refractivity contribution in [1.29, 1.82) is 0 Å². The highest BCUT2D eigenvalue weighted by Crippen LogP contribution is 2.23. The fourth-order valence-electron chi connectivity index (χ4n) is 3.45. The molecule has 1 N–H and O–H groups in total. The van der Waals surface area contributed by atoms with E-state index in [4.69, 9.17) is 0 Å². The number of hydrogen-bond acceptors (Lipinski definition) is 3. The van der Waals surface area contributed by atoms with E-state index in [1.54, 1.807) is 12.1 Å². The van der Waals surface area contributed by atoms with Gasteiger partial charge in [-0.05, 0) is 52.8 Å². The molecule has 5 heteroatoms. The molecular weight excluding hydrogens is 308 g/mol. The molecule has 2 rings (SSSR count). The third-order valence-electron chi connectivity index (χ3n) is 4.58. The first-order valence-corrected chi connectivity index (χ1v) is 9.99. The summed E-state index contributed by atoms with van der Waals surface area (Å²) < 4.78 is 28.0. The van der Waals surface area contributed by atoms with Gasteiger partial charge < -0.3 is 4.90 Å². The Morgan fingerprint density at radius 1 is 1.13 bits per heavy atom. The highest BCUT2D eigenvalue weighted by Gasteiger charge is 2.29. The fourth-order valence-corrected chi connectivity index (χ4v) is 4.85. The van der Waals surface area contributed by atoms with Crippen LogP contribution in [0, 0.1) is 6.92 Å². The van der Waals surface area contributed by atoms with Crippen LogP contribution in [-0.4, -0.2) is 38.5 Å². The first-order valence-electron chi connectivity index (χ1n) is 8.50. The zero-order valence-corrected chi connectivity index (χ0v) is 15.6. The zero-order valence-electron chi connectivity index (χ0n) is 14.8. The van der Waals surface area contributed by atoms with Crippen molar-refractivity contribution in [2.24, 2.45) is 0 Å². The van der Waals surface area contributed by atoms with Gasteiger partial charge in [-0.1, -0.05) is 37.0 Å². The molecule has 0 heterocycles. The van der Waals surface area contributed by atoms with Crippen LogP contribution in [0.5, 0.6) is 0 Å². The first-order chi connectivity index (χ1) is 10.7. The van der Waals surface area contributed by atoms with Gasteiger partial charge in [0, 0.05) is 18.1 Å². The molecule has 0 bridgehead atoms. The van der Waals surface area contributed by atoms with Crippen LogP contribution in [-0.2, 0) is 10.0 Å². The number of nitrogens with zero attached hydrogens (tertiary/aromatic N) is 1. The monoisotopic (exact) mass is 338 g/mol. The summed E-state index contributed by atoms with van der Waals surface area (Å²) in [7, 11) is -1.38. The largest absolute Gasteiger partial charge is 0.302 e. The molecule has 0 saturated heterocycles. The molecule has 0 aliphatic heterocycles. The molecule has 23 heavy (non-hydrogen) atoms. The predicted molar refractivity (Wildman–Crippen MR) is 95.1 cm³/mol. The smallest absolute Gasteiger partial charge is 0.241 e. The van der Waals surface area contributed by atoms with E-state index in [0.29, 0.717) is 17.5 Å². The van der Waals surface area contributed by atoms with E-state index in [9.17, 15) is 8.42 Å². The maximum Gasteiger partial charge on any atom is 0.241 e. The first kappa shape index (κ1) is 18.4. The van der Waals surface area contributed by atoms with Gasteiger partial charge >= 0.3 is 0 Å². The van der Waals surface area contributed by atoms with Crippen LogP contribution in [0.1, 0.15) is 51.5 Å². The lowest BCUT2D eigenvalue weighted by molar-refractivity contribution is 0.158. The molecule has 130 valence electrons. The minimum atomic E-state index is -3.49. The molecule has 0 aromatic heterocycles. The Morgan fingerprint density at radius 3 is 2.26 bits per heavy atom. The van der Waals surface area contributed by atoms with Gasteiger partial charge in [0.15, 0.2) is 0 Å². The topological polar surface area (TPSA) is 49.4 Å². The number of aryl methyl sites for hydroxylation is 1. The maximum atomic E-state index is 12.6. The Balaban J connectivity index is 2.02. The number of rotatable bonds is 6. The van der Waals surface area contributed by atoms with E-state index in [2.05, 4.69) is 16.7 Å². The van der Waals surface area contributed by atoms with Crippen LogP contribution in [0.15, 0.2) is 29.2 Å². The number of sulfonamides is 1. The lowest BCUT2D eigenvalue weighted by Gasteiger charge is -2.37. The summed E-state index contributed by atoms with van der Waals surface area (Å²) in [4.78, 5) is 2.65. The average Bonchev–Trinajstić information content (AvgIpc) is 2.47. The molecule has 1 aromatic carbocycles. The van der Waals surface area contributed by atoms with E-state index < -0.39 is 15.6 Å². The molecule has 0 atom stereocenters. The fraction of sp³-hybridized carbons (Fsp3) is 0.667. The van der Waals surface area contributed by atoms with Crippen molar-refractivity contribution >= 4 is 10.0 Å². The summed E-state index contributed by atoms with van der Waals surface area (Å²) >= 11 is 0. The summed E-state index contributed by atoms with van der Waals surface area (Å²) in [6, 6.07) is 7.56. The van der Waals surface area contributed by atoms with E-state index in [1.165, 1.54) is 32.1 Å². The Hall–Kier alpha value is -0.910. The van der Waals surface area contributed by atoms with Gasteiger partial charge in [0.2, 0.25) is 10.0 Å². The van der Waals surface area contributed by atoms with Gasteiger partial charge in [-0.15, -0.1) is 0 Å². The normalized spacial score (nSPS) is 17.6. The van der Waals surface area contributed by atoms with Crippen LogP contribution in [0.4, 0.5) is 0 Å². The molecular formula is C18H30N2O2S. The molecule has 1 aliphatic rings. The molecule has 0 unspecified atom stereocenters. The van der Waals surface area contributed by atoms with Gasteiger partial charge in [0.25, 0.3) is 0 Å². The number of hydrogen-bond donors (Lipinski definition) is 1. The van der Waals surface area contributed by atoms with E-state index in [0.717, 1.165) is 5.56 Å². The third kappa shape index (κ3) is 5.30. The standard InChI is InChI=1S/C18H30N2O2S/c1-15-10-12-17(13-11-15)23(21,22)19-18(2,3)14-20(4)16-8-6-5-7-9-16/h10-13,16,19H,5-9,14H2,1-4H3. The third-order valence-corrected chi connectivity index (χ3v) is 6.30. The predicted octanol–water partition coefficient (Wildman–Crippen LogP) is 3.32. The highest BCUT2D eigenvalue weighted by atomic mass is 32.2. The summed E-state index contributed by atoms with van der Waals surface area (Å²) in [5.74, 6) is 0. The van der Waals surface area contributed by atoms with Gasteiger partial charge in [-0.3, -0.25) is 0 Å². The average molecular weight is 339 g/mol. The molecule has 0 amide bonds. The molecule has 0 spiro atoms. The SMILES string of the molecule is Cc1ccc(S(=O)(=O)NC(C)(C)CN(C)C2CCCCC2)cc1. The minimum Gasteiger partial charge on any atom is -0.302 e. The van der Waals surface area contributed by atoms with Crippen molar-refractivity contribution < 1.29 is 8.42 Å². The van der Waals surface area contributed by atoms with Crippen molar-refractivity contribution in [2.75, 3.05) is 13.6 Å². The maximum absolute atomic E-state index is 12.6. The summed E-state index contributed by atoms with van der Waals surface area (Å²) in [5, 5.41) is 0. The molecule has 1 saturated carbocycles. The summed E-state index contributed by atoms with van der Waals surface area (Å²) in [6.45, 7) is 6.58. The van der Waals surface area contributed by atoms with Crippen molar-refractivity contribution in [3.05, 3.63) is 29.8 Å². The van der Waals surface area contributed by atoms with Crippen molar-refractivity contribution in [3.8, 4) is 0 Å². The number of benzene rings is 1. The molecule has 4 nitrogen and oxygen atoms in total. The van der Waals surface area contributed by atoms with E-state index in [-0.39, 0.29) is 0 Å².